The molecule has 0 radical (unpaired) electrons. The second-order valence-electron chi connectivity index (χ2n) is 4.74. The van der Waals surface area contributed by atoms with Gasteiger partial charge in [-0.25, -0.2) is 4.99 Å². The van der Waals surface area contributed by atoms with E-state index in [1.807, 2.05) is 0 Å². The van der Waals surface area contributed by atoms with Crippen LogP contribution >= 0.6 is 24.0 Å². The molecular formula is C14H21IN4O3. The SMILES string of the molecule is COc1ccc(NC(N)=NCC(=O)NC2CC2)cc1OC.I. The van der Waals surface area contributed by atoms with Crippen LogP contribution in [0.3, 0.4) is 0 Å². The maximum Gasteiger partial charge on any atom is 0.242 e. The van der Waals surface area contributed by atoms with E-state index in [9.17, 15) is 4.79 Å². The van der Waals surface area contributed by atoms with Crippen LogP contribution in [0.25, 0.3) is 0 Å². The maximum atomic E-state index is 11.5. The fourth-order valence-corrected chi connectivity index (χ4v) is 1.76. The number of halogens is 1. The van der Waals surface area contributed by atoms with E-state index in [0.717, 1.165) is 12.8 Å². The van der Waals surface area contributed by atoms with Gasteiger partial charge in [0.05, 0.1) is 14.2 Å². The predicted octanol–water partition coefficient (Wildman–Crippen LogP) is 1.33. The molecule has 0 atom stereocenters. The summed E-state index contributed by atoms with van der Waals surface area (Å²) in [5, 5.41) is 5.74. The molecule has 2 rings (SSSR count). The van der Waals surface area contributed by atoms with E-state index in [4.69, 9.17) is 15.2 Å². The third kappa shape index (κ3) is 5.58. The smallest absolute Gasteiger partial charge is 0.242 e. The van der Waals surface area contributed by atoms with Gasteiger partial charge in [-0.1, -0.05) is 0 Å². The zero-order chi connectivity index (χ0) is 15.2. The number of amides is 1. The van der Waals surface area contributed by atoms with E-state index in [-0.39, 0.29) is 42.4 Å². The monoisotopic (exact) mass is 420 g/mol. The van der Waals surface area contributed by atoms with Crippen molar-refractivity contribution < 1.29 is 14.3 Å². The second-order valence-corrected chi connectivity index (χ2v) is 4.74. The molecular weight excluding hydrogens is 399 g/mol. The van der Waals surface area contributed by atoms with Crippen LogP contribution in [0, 0.1) is 0 Å². The molecule has 1 aliphatic carbocycles. The first-order chi connectivity index (χ1) is 10.1. The van der Waals surface area contributed by atoms with E-state index >= 15 is 0 Å². The Kier molecular flexibility index (Phi) is 7.22. The number of ether oxygens (including phenoxy) is 2. The Morgan fingerprint density at radius 3 is 2.59 bits per heavy atom. The molecule has 0 saturated heterocycles. The number of methoxy groups -OCH3 is 2. The summed E-state index contributed by atoms with van der Waals surface area (Å²) in [6, 6.07) is 5.61. The number of nitrogens with zero attached hydrogens (tertiary/aromatic N) is 1. The van der Waals surface area contributed by atoms with E-state index in [2.05, 4.69) is 15.6 Å². The lowest BCUT2D eigenvalue weighted by molar-refractivity contribution is -0.119. The third-order valence-corrected chi connectivity index (χ3v) is 2.99. The fraction of sp³-hybridized carbons (Fsp3) is 0.429. The Labute approximate surface area is 146 Å². The second kappa shape index (κ2) is 8.66. The van der Waals surface area contributed by atoms with Gasteiger partial charge in [0.25, 0.3) is 0 Å². The van der Waals surface area contributed by atoms with Crippen molar-refractivity contribution in [3.63, 3.8) is 0 Å². The Hall–Kier alpha value is -1.71. The Balaban J connectivity index is 0.00000242. The Morgan fingerprint density at radius 2 is 2.00 bits per heavy atom. The lowest BCUT2D eigenvalue weighted by atomic mass is 10.3. The van der Waals surface area contributed by atoms with Gasteiger partial charge in [-0.05, 0) is 25.0 Å². The predicted molar refractivity (Wildman–Crippen MR) is 96.2 cm³/mol. The van der Waals surface area contributed by atoms with Crippen molar-refractivity contribution >= 4 is 41.5 Å². The summed E-state index contributed by atoms with van der Waals surface area (Å²) in [4.78, 5) is 15.5. The number of hydrogen-bond acceptors (Lipinski definition) is 4. The van der Waals surface area contributed by atoms with Crippen LogP contribution in [0.4, 0.5) is 5.69 Å². The van der Waals surface area contributed by atoms with Crippen molar-refractivity contribution in [1.82, 2.24) is 5.32 Å². The van der Waals surface area contributed by atoms with Crippen molar-refractivity contribution in [2.75, 3.05) is 26.1 Å². The number of anilines is 1. The van der Waals surface area contributed by atoms with Gasteiger partial charge in [0.15, 0.2) is 17.5 Å². The molecule has 0 aromatic heterocycles. The third-order valence-electron chi connectivity index (χ3n) is 2.99. The molecule has 1 amide bonds. The average Bonchev–Trinajstić information content (AvgIpc) is 3.29. The van der Waals surface area contributed by atoms with Crippen LogP contribution in [-0.2, 0) is 4.79 Å². The van der Waals surface area contributed by atoms with Gasteiger partial charge in [-0.2, -0.15) is 0 Å². The summed E-state index contributed by atoms with van der Waals surface area (Å²) in [6.45, 7) is 0.0165. The normalized spacial score (nSPS) is 13.8. The first kappa shape index (κ1) is 18.3. The zero-order valence-corrected chi connectivity index (χ0v) is 14.9. The van der Waals surface area contributed by atoms with E-state index in [1.54, 1.807) is 32.4 Å². The summed E-state index contributed by atoms with van der Waals surface area (Å²) < 4.78 is 10.3. The molecule has 22 heavy (non-hydrogen) atoms. The highest BCUT2D eigenvalue weighted by Crippen LogP contribution is 2.29. The van der Waals surface area contributed by atoms with Crippen molar-refractivity contribution in [1.29, 1.82) is 0 Å². The molecule has 1 saturated carbocycles. The number of benzene rings is 1. The highest BCUT2D eigenvalue weighted by atomic mass is 127. The number of hydrogen-bond donors (Lipinski definition) is 3. The van der Waals surface area contributed by atoms with Crippen LogP contribution in [-0.4, -0.2) is 38.7 Å². The maximum absolute atomic E-state index is 11.5. The first-order valence-corrected chi connectivity index (χ1v) is 6.70. The molecule has 0 aliphatic heterocycles. The van der Waals surface area contributed by atoms with E-state index in [0.29, 0.717) is 23.2 Å². The standard InChI is InChI=1S/C14H20N4O3.HI/c1-20-11-6-5-10(7-12(11)21-2)18-14(15)16-8-13(19)17-9-3-4-9;/h5-7,9H,3-4,8H2,1-2H3,(H,17,19)(H3,15,16,18);1H. The van der Waals surface area contributed by atoms with Gasteiger partial charge in [0.1, 0.15) is 6.54 Å². The van der Waals surface area contributed by atoms with Crippen LogP contribution < -0.4 is 25.8 Å². The minimum absolute atomic E-state index is 0. The molecule has 0 bridgehead atoms. The van der Waals surface area contributed by atoms with Gasteiger partial charge < -0.3 is 25.8 Å². The number of aliphatic imine (C=N–C) groups is 1. The van der Waals surface area contributed by atoms with Crippen LogP contribution in [0.5, 0.6) is 11.5 Å². The molecule has 1 aromatic rings. The molecule has 7 nitrogen and oxygen atoms in total. The number of carbonyl (C=O) groups excluding carboxylic acids is 1. The fourth-order valence-electron chi connectivity index (χ4n) is 1.76. The summed E-state index contributed by atoms with van der Waals surface area (Å²) in [7, 11) is 3.13. The molecule has 0 heterocycles. The Bertz CT molecular complexity index is 547. The number of rotatable bonds is 6. The molecule has 0 unspecified atom stereocenters. The van der Waals surface area contributed by atoms with Crippen molar-refractivity contribution in [3.8, 4) is 11.5 Å². The Morgan fingerprint density at radius 1 is 1.32 bits per heavy atom. The number of guanidine groups is 1. The minimum Gasteiger partial charge on any atom is -0.493 e. The highest BCUT2D eigenvalue weighted by molar-refractivity contribution is 14.0. The van der Waals surface area contributed by atoms with Crippen molar-refractivity contribution in [3.05, 3.63) is 18.2 Å². The van der Waals surface area contributed by atoms with E-state index < -0.39 is 0 Å². The molecule has 1 aliphatic rings. The molecule has 0 spiro atoms. The number of nitrogens with two attached hydrogens (primary N) is 1. The topological polar surface area (TPSA) is 98.0 Å². The van der Waals surface area contributed by atoms with Crippen molar-refractivity contribution in [2.24, 2.45) is 10.7 Å². The largest absolute Gasteiger partial charge is 0.493 e. The average molecular weight is 420 g/mol. The summed E-state index contributed by atoms with van der Waals surface area (Å²) in [6.07, 6.45) is 2.10. The number of carbonyl (C=O) groups is 1. The molecule has 1 aromatic carbocycles. The number of nitrogens with one attached hydrogen (secondary N) is 2. The van der Waals surface area contributed by atoms with Gasteiger partial charge in [0, 0.05) is 17.8 Å². The van der Waals surface area contributed by atoms with E-state index in [1.165, 1.54) is 0 Å². The van der Waals surface area contributed by atoms with Gasteiger partial charge >= 0.3 is 0 Å². The van der Waals surface area contributed by atoms with Crippen LogP contribution in [0.1, 0.15) is 12.8 Å². The van der Waals surface area contributed by atoms with Crippen molar-refractivity contribution in [2.45, 2.75) is 18.9 Å². The summed E-state index contributed by atoms with van der Waals surface area (Å²) in [5.74, 6) is 1.27. The molecule has 122 valence electrons. The van der Waals surface area contributed by atoms with Gasteiger partial charge in [0.2, 0.25) is 5.91 Å². The van der Waals surface area contributed by atoms with Crippen LogP contribution in [0.15, 0.2) is 23.2 Å². The van der Waals surface area contributed by atoms with Crippen LogP contribution in [0.2, 0.25) is 0 Å². The van der Waals surface area contributed by atoms with Gasteiger partial charge in [-0.3, -0.25) is 4.79 Å². The lowest BCUT2D eigenvalue weighted by Gasteiger charge is -2.10. The highest BCUT2D eigenvalue weighted by Gasteiger charge is 2.22. The summed E-state index contributed by atoms with van der Waals surface area (Å²) in [5.41, 5.74) is 6.45. The molecule has 8 heteroatoms. The molecule has 4 N–H and O–H groups in total. The lowest BCUT2D eigenvalue weighted by Crippen LogP contribution is -2.30. The first-order valence-electron chi connectivity index (χ1n) is 6.70. The minimum atomic E-state index is -0.116. The quantitative estimate of drug-likeness (QED) is 0.367. The zero-order valence-electron chi connectivity index (χ0n) is 12.6. The van der Waals surface area contributed by atoms with Gasteiger partial charge in [-0.15, -0.1) is 24.0 Å². The summed E-state index contributed by atoms with van der Waals surface area (Å²) >= 11 is 0. The molecule has 1 fully saturated rings.